The molecule has 6 rings (SSSR count). The summed E-state index contributed by atoms with van der Waals surface area (Å²) in [6, 6.07) is 17.1. The number of carboxylic acid groups (broad SMARTS) is 1. The van der Waals surface area contributed by atoms with Crippen LogP contribution in [-0.2, 0) is 16.1 Å². The van der Waals surface area contributed by atoms with E-state index in [1.165, 1.54) is 22.4 Å². The highest BCUT2D eigenvalue weighted by Gasteiger charge is 2.25. The van der Waals surface area contributed by atoms with Gasteiger partial charge < -0.3 is 20.5 Å². The first-order valence-electron chi connectivity index (χ1n) is 16.7. The lowest BCUT2D eigenvalue weighted by molar-refractivity contribution is -0.138. The Hall–Kier alpha value is -4.05. The topological polar surface area (TPSA) is 103 Å². The minimum absolute atomic E-state index is 0.0762. The third kappa shape index (κ3) is 7.66. The first-order chi connectivity index (χ1) is 22.5. The van der Waals surface area contributed by atoms with Gasteiger partial charge in [-0.1, -0.05) is 30.7 Å². The van der Waals surface area contributed by atoms with Gasteiger partial charge in [0.05, 0.1) is 19.6 Å². The molecule has 4 aromatic rings. The minimum Gasteiger partial charge on any atom is -0.481 e. The van der Waals surface area contributed by atoms with Crippen molar-refractivity contribution in [2.75, 3.05) is 56.6 Å². The molecule has 0 saturated carbocycles. The highest BCUT2D eigenvalue weighted by molar-refractivity contribution is 5.91. The van der Waals surface area contributed by atoms with Gasteiger partial charge >= 0.3 is 5.97 Å². The molecule has 2 aromatic carbocycles. The average Bonchev–Trinajstić information content (AvgIpc) is 3.06. The van der Waals surface area contributed by atoms with Crippen molar-refractivity contribution >= 4 is 34.1 Å². The molecule has 0 aliphatic carbocycles. The minimum atomic E-state index is -0.732. The van der Waals surface area contributed by atoms with Crippen LogP contribution in [0.3, 0.4) is 0 Å². The molecule has 1 atom stereocenters. The van der Waals surface area contributed by atoms with Gasteiger partial charge in [0.1, 0.15) is 5.52 Å². The van der Waals surface area contributed by atoms with Crippen molar-refractivity contribution in [1.29, 1.82) is 0 Å². The highest BCUT2D eigenvalue weighted by atomic mass is 16.5. The van der Waals surface area contributed by atoms with E-state index in [9.17, 15) is 9.90 Å². The molecular weight excluding hydrogens is 576 g/mol. The second kappa shape index (κ2) is 15.0. The van der Waals surface area contributed by atoms with Crippen molar-refractivity contribution < 1.29 is 14.6 Å². The van der Waals surface area contributed by atoms with Crippen LogP contribution < -0.4 is 10.6 Å². The molecular formula is C37H46N6O3. The Bertz CT molecular complexity index is 1650. The van der Waals surface area contributed by atoms with E-state index >= 15 is 0 Å². The Morgan fingerprint density at radius 2 is 1.74 bits per heavy atom. The van der Waals surface area contributed by atoms with Crippen molar-refractivity contribution in [3.63, 3.8) is 0 Å². The second-order valence-electron chi connectivity index (χ2n) is 12.6. The summed E-state index contributed by atoms with van der Waals surface area (Å²) in [5, 5.41) is 17.7. The van der Waals surface area contributed by atoms with Crippen LogP contribution in [0.4, 0.5) is 17.2 Å². The number of anilines is 3. The summed E-state index contributed by atoms with van der Waals surface area (Å²) in [7, 11) is 0. The van der Waals surface area contributed by atoms with Crippen LogP contribution in [-0.4, -0.2) is 82.8 Å². The van der Waals surface area contributed by atoms with E-state index in [1.807, 2.05) is 18.5 Å². The first-order valence-corrected chi connectivity index (χ1v) is 16.7. The normalized spacial score (nSPS) is 17.7. The molecule has 0 spiro atoms. The van der Waals surface area contributed by atoms with Crippen molar-refractivity contribution in [3.8, 4) is 11.1 Å². The fourth-order valence-electron chi connectivity index (χ4n) is 6.88. The predicted octanol–water partition coefficient (Wildman–Crippen LogP) is 6.62. The Labute approximate surface area is 272 Å². The molecule has 0 radical (unpaired) electrons. The summed E-state index contributed by atoms with van der Waals surface area (Å²) < 4.78 is 5.47. The van der Waals surface area contributed by atoms with Crippen molar-refractivity contribution in [2.24, 2.45) is 0 Å². The van der Waals surface area contributed by atoms with Crippen LogP contribution in [0.2, 0.25) is 0 Å². The maximum atomic E-state index is 11.4. The summed E-state index contributed by atoms with van der Waals surface area (Å²) in [4.78, 5) is 25.7. The number of piperidine rings is 1. The van der Waals surface area contributed by atoms with Crippen LogP contribution in [0.1, 0.15) is 48.8 Å². The van der Waals surface area contributed by atoms with Crippen LogP contribution >= 0.6 is 0 Å². The third-order valence-corrected chi connectivity index (χ3v) is 9.48. The number of aliphatic carboxylic acids is 1. The number of pyridine rings is 2. The van der Waals surface area contributed by atoms with Crippen LogP contribution in [0.15, 0.2) is 60.9 Å². The maximum Gasteiger partial charge on any atom is 0.304 e. The van der Waals surface area contributed by atoms with Gasteiger partial charge in [-0.05, 0) is 98.3 Å². The van der Waals surface area contributed by atoms with Crippen LogP contribution in [0.25, 0.3) is 22.0 Å². The van der Waals surface area contributed by atoms with E-state index < -0.39 is 5.97 Å². The van der Waals surface area contributed by atoms with Gasteiger partial charge in [-0.25, -0.2) is 4.98 Å². The fourth-order valence-corrected chi connectivity index (χ4v) is 6.88. The SMILES string of the molecule is Cc1c(NCCCN2CCOCC2)cccc1-c1cccc(Nc2nccc3cc(CN4CCCCC4CC(=O)O)cnc23)c1C. The van der Waals surface area contributed by atoms with Crippen LogP contribution in [0, 0.1) is 13.8 Å². The number of carboxylic acids is 1. The van der Waals surface area contributed by atoms with E-state index in [0.717, 1.165) is 105 Å². The van der Waals surface area contributed by atoms with Crippen molar-refractivity contribution in [3.05, 3.63) is 77.6 Å². The first kappa shape index (κ1) is 31.9. The van der Waals surface area contributed by atoms with Gasteiger partial charge in [-0.2, -0.15) is 0 Å². The Kier molecular flexibility index (Phi) is 10.4. The number of nitrogens with one attached hydrogen (secondary N) is 2. The van der Waals surface area contributed by atoms with Gasteiger partial charge in [0.2, 0.25) is 0 Å². The predicted molar refractivity (Wildman–Crippen MR) is 185 cm³/mol. The molecule has 9 nitrogen and oxygen atoms in total. The molecule has 2 saturated heterocycles. The van der Waals surface area contributed by atoms with Crippen molar-refractivity contribution in [2.45, 2.75) is 58.5 Å². The number of fused-ring (bicyclic) bond motifs is 1. The van der Waals surface area contributed by atoms with Gasteiger partial charge in [0.15, 0.2) is 5.82 Å². The zero-order valence-electron chi connectivity index (χ0n) is 27.1. The molecule has 2 aliphatic heterocycles. The molecule has 46 heavy (non-hydrogen) atoms. The molecule has 2 aliphatic rings. The molecule has 2 aromatic heterocycles. The summed E-state index contributed by atoms with van der Waals surface area (Å²) in [6.07, 6.45) is 8.13. The quantitative estimate of drug-likeness (QED) is 0.150. The zero-order chi connectivity index (χ0) is 31.9. The Morgan fingerprint density at radius 1 is 0.978 bits per heavy atom. The van der Waals surface area contributed by atoms with E-state index in [1.54, 1.807) is 0 Å². The molecule has 9 heteroatoms. The van der Waals surface area contributed by atoms with E-state index in [2.05, 4.69) is 81.7 Å². The number of morpholine rings is 1. The van der Waals surface area contributed by atoms with E-state index in [4.69, 9.17) is 9.72 Å². The second-order valence-corrected chi connectivity index (χ2v) is 12.6. The number of ether oxygens (including phenoxy) is 1. The van der Waals surface area contributed by atoms with Gasteiger partial charge in [0.25, 0.3) is 0 Å². The maximum absolute atomic E-state index is 11.4. The number of hydrogen-bond donors (Lipinski definition) is 3. The number of benzene rings is 2. The monoisotopic (exact) mass is 622 g/mol. The van der Waals surface area contributed by atoms with Gasteiger partial charge in [-0.3, -0.25) is 19.6 Å². The Balaban J connectivity index is 1.16. The zero-order valence-corrected chi connectivity index (χ0v) is 27.1. The fraction of sp³-hybridized carbons (Fsp3) is 0.432. The Morgan fingerprint density at radius 3 is 2.52 bits per heavy atom. The molecule has 242 valence electrons. The van der Waals surface area contributed by atoms with E-state index in [0.29, 0.717) is 6.54 Å². The molecule has 1 unspecified atom stereocenters. The summed E-state index contributed by atoms with van der Waals surface area (Å²) >= 11 is 0. The smallest absolute Gasteiger partial charge is 0.304 e. The molecule has 4 heterocycles. The standard InChI is InChI=1S/C37H46N6O3/c1-26-31(9-5-11-33(26)38-14-7-16-42-18-20-46-21-19-42)32-10-6-12-34(27(32)2)41-37-36-29(13-15-39-37)22-28(24-40-36)25-43-17-4-3-8-30(43)23-35(44)45/h5-6,9-13,15,22,24,30,38H,3-4,7-8,14,16-21,23,25H2,1-2H3,(H,39,41)(H,44,45). The summed E-state index contributed by atoms with van der Waals surface area (Å²) in [5.74, 6) is -0.0113. The largest absolute Gasteiger partial charge is 0.481 e. The molecule has 3 N–H and O–H groups in total. The number of hydrogen-bond acceptors (Lipinski definition) is 8. The number of likely N-dealkylation sites (tertiary alicyclic amines) is 1. The van der Waals surface area contributed by atoms with Gasteiger partial charge in [-0.15, -0.1) is 0 Å². The molecule has 2 fully saturated rings. The van der Waals surface area contributed by atoms with Gasteiger partial charge in [0, 0.05) is 61.4 Å². The number of carbonyl (C=O) groups is 1. The molecule has 0 amide bonds. The average molecular weight is 623 g/mol. The molecule has 0 bridgehead atoms. The number of nitrogens with zero attached hydrogens (tertiary/aromatic N) is 4. The number of aromatic nitrogens is 2. The summed E-state index contributed by atoms with van der Waals surface area (Å²) in [5.41, 5.74) is 8.87. The summed E-state index contributed by atoms with van der Waals surface area (Å²) in [6.45, 7) is 11.7. The third-order valence-electron chi connectivity index (χ3n) is 9.48. The van der Waals surface area contributed by atoms with Crippen molar-refractivity contribution in [1.82, 2.24) is 19.8 Å². The highest BCUT2D eigenvalue weighted by Crippen LogP contribution is 2.35. The lowest BCUT2D eigenvalue weighted by atomic mass is 9.94. The lowest BCUT2D eigenvalue weighted by Crippen LogP contribution is -2.40. The lowest BCUT2D eigenvalue weighted by Gasteiger charge is -2.34. The van der Waals surface area contributed by atoms with E-state index in [-0.39, 0.29) is 12.5 Å². The van der Waals surface area contributed by atoms with Crippen LogP contribution in [0.5, 0.6) is 0 Å². The number of rotatable bonds is 12.